The summed E-state index contributed by atoms with van der Waals surface area (Å²) < 4.78 is 5.27. The average Bonchev–Trinajstić information content (AvgIpc) is 3.00. The second-order valence-electron chi connectivity index (χ2n) is 4.57. The van der Waals surface area contributed by atoms with Crippen LogP contribution in [0.2, 0.25) is 0 Å². The van der Waals surface area contributed by atoms with E-state index in [1.807, 2.05) is 6.20 Å². The van der Waals surface area contributed by atoms with Crippen molar-refractivity contribution in [3.63, 3.8) is 0 Å². The van der Waals surface area contributed by atoms with Gasteiger partial charge in [-0.15, -0.1) is 11.3 Å². The summed E-state index contributed by atoms with van der Waals surface area (Å²) in [6.07, 6.45) is 4.67. The molecule has 2 unspecified atom stereocenters. The maximum absolute atomic E-state index is 5.27. The Kier molecular flexibility index (Phi) is 3.95. The molecule has 1 aliphatic rings. The first kappa shape index (κ1) is 12.0. The normalized spacial score (nSPS) is 19.7. The van der Waals surface area contributed by atoms with Crippen LogP contribution in [0.3, 0.4) is 0 Å². The number of nitrogens with zero attached hydrogens (tertiary/aromatic N) is 1. The molecule has 1 fully saturated rings. The standard InChI is InChI=1S/C12H20N2OS/c1-8(12-6-13-9(2)16-12)14-11(7-15-3)10-4-5-10/h6,8,10-11,14H,4-5,7H2,1-3H3. The molecule has 16 heavy (non-hydrogen) atoms. The number of ether oxygens (including phenoxy) is 1. The first-order chi connectivity index (χ1) is 7.70. The Labute approximate surface area is 101 Å². The summed E-state index contributed by atoms with van der Waals surface area (Å²) in [5.41, 5.74) is 0. The molecule has 0 amide bonds. The molecule has 0 aromatic carbocycles. The summed E-state index contributed by atoms with van der Waals surface area (Å²) in [7, 11) is 1.78. The predicted molar refractivity (Wildman–Crippen MR) is 66.8 cm³/mol. The van der Waals surface area contributed by atoms with Crippen LogP contribution in [-0.4, -0.2) is 24.7 Å². The minimum absolute atomic E-state index is 0.381. The van der Waals surface area contributed by atoms with Crippen LogP contribution in [0.4, 0.5) is 0 Å². The smallest absolute Gasteiger partial charge is 0.0897 e. The number of hydrogen-bond acceptors (Lipinski definition) is 4. The Morgan fingerprint density at radius 3 is 2.88 bits per heavy atom. The van der Waals surface area contributed by atoms with Crippen molar-refractivity contribution in [3.05, 3.63) is 16.1 Å². The fourth-order valence-electron chi connectivity index (χ4n) is 1.98. The maximum Gasteiger partial charge on any atom is 0.0897 e. The van der Waals surface area contributed by atoms with Crippen LogP contribution in [0, 0.1) is 12.8 Å². The van der Waals surface area contributed by atoms with Crippen LogP contribution in [0.1, 0.15) is 35.7 Å². The molecule has 3 nitrogen and oxygen atoms in total. The van der Waals surface area contributed by atoms with E-state index in [2.05, 4.69) is 24.1 Å². The highest BCUT2D eigenvalue weighted by molar-refractivity contribution is 7.11. The van der Waals surface area contributed by atoms with Crippen molar-refractivity contribution < 1.29 is 4.74 Å². The van der Waals surface area contributed by atoms with E-state index in [4.69, 9.17) is 4.74 Å². The maximum atomic E-state index is 5.27. The highest BCUT2D eigenvalue weighted by atomic mass is 32.1. The Morgan fingerprint density at radius 1 is 1.62 bits per heavy atom. The summed E-state index contributed by atoms with van der Waals surface area (Å²) in [6.45, 7) is 5.07. The molecule has 90 valence electrons. The quantitative estimate of drug-likeness (QED) is 0.829. The number of aryl methyl sites for hydroxylation is 1. The summed E-state index contributed by atoms with van der Waals surface area (Å²) in [5.74, 6) is 0.816. The molecule has 1 aromatic rings. The van der Waals surface area contributed by atoms with Crippen LogP contribution in [-0.2, 0) is 4.74 Å². The lowest BCUT2D eigenvalue weighted by atomic mass is 10.1. The number of thiazole rings is 1. The van der Waals surface area contributed by atoms with Gasteiger partial charge in [0.25, 0.3) is 0 Å². The van der Waals surface area contributed by atoms with Crippen molar-refractivity contribution >= 4 is 11.3 Å². The summed E-state index contributed by atoms with van der Waals surface area (Å²) in [5, 5.41) is 4.79. The van der Waals surface area contributed by atoms with E-state index in [0.29, 0.717) is 12.1 Å². The van der Waals surface area contributed by atoms with E-state index in [9.17, 15) is 0 Å². The molecule has 0 aliphatic heterocycles. The van der Waals surface area contributed by atoms with Gasteiger partial charge in [-0.05, 0) is 32.6 Å². The molecule has 4 heteroatoms. The summed E-state index contributed by atoms with van der Waals surface area (Å²) in [4.78, 5) is 5.62. The number of rotatable bonds is 6. The number of methoxy groups -OCH3 is 1. The van der Waals surface area contributed by atoms with Gasteiger partial charge in [-0.1, -0.05) is 0 Å². The molecule has 0 radical (unpaired) electrons. The van der Waals surface area contributed by atoms with Crippen molar-refractivity contribution in [1.82, 2.24) is 10.3 Å². The first-order valence-electron chi connectivity index (χ1n) is 5.88. The van der Waals surface area contributed by atoms with Gasteiger partial charge in [0.15, 0.2) is 0 Å². The second-order valence-corrected chi connectivity index (χ2v) is 5.84. The van der Waals surface area contributed by atoms with Gasteiger partial charge >= 0.3 is 0 Å². The van der Waals surface area contributed by atoms with Gasteiger partial charge in [-0.25, -0.2) is 4.98 Å². The molecular weight excluding hydrogens is 220 g/mol. The summed E-state index contributed by atoms with van der Waals surface area (Å²) >= 11 is 1.77. The van der Waals surface area contributed by atoms with Crippen LogP contribution < -0.4 is 5.32 Å². The number of hydrogen-bond donors (Lipinski definition) is 1. The van der Waals surface area contributed by atoms with E-state index in [1.54, 1.807) is 18.4 Å². The van der Waals surface area contributed by atoms with Crippen LogP contribution in [0.25, 0.3) is 0 Å². The largest absolute Gasteiger partial charge is 0.383 e. The van der Waals surface area contributed by atoms with Crippen molar-refractivity contribution in [2.45, 2.75) is 38.8 Å². The van der Waals surface area contributed by atoms with Gasteiger partial charge in [-0.2, -0.15) is 0 Å². The molecule has 1 aromatic heterocycles. The van der Waals surface area contributed by atoms with E-state index < -0.39 is 0 Å². The fraction of sp³-hybridized carbons (Fsp3) is 0.750. The number of aromatic nitrogens is 1. The topological polar surface area (TPSA) is 34.1 Å². The molecule has 0 bridgehead atoms. The minimum Gasteiger partial charge on any atom is -0.383 e. The predicted octanol–water partition coefficient (Wildman–Crippen LogP) is 2.53. The zero-order chi connectivity index (χ0) is 11.5. The lowest BCUT2D eigenvalue weighted by Crippen LogP contribution is -2.36. The molecular formula is C12H20N2OS. The zero-order valence-corrected chi connectivity index (χ0v) is 11.0. The molecule has 2 atom stereocenters. The summed E-state index contributed by atoms with van der Waals surface area (Å²) in [6, 6.07) is 0.884. The molecule has 1 heterocycles. The Morgan fingerprint density at radius 2 is 2.38 bits per heavy atom. The van der Waals surface area contributed by atoms with Crippen LogP contribution in [0.5, 0.6) is 0 Å². The Bertz CT molecular complexity index is 336. The van der Waals surface area contributed by atoms with Crippen LogP contribution in [0.15, 0.2) is 6.20 Å². The van der Waals surface area contributed by atoms with Crippen molar-refractivity contribution in [1.29, 1.82) is 0 Å². The molecule has 1 N–H and O–H groups in total. The van der Waals surface area contributed by atoms with Gasteiger partial charge in [0.05, 0.1) is 11.6 Å². The van der Waals surface area contributed by atoms with Crippen molar-refractivity contribution in [2.24, 2.45) is 5.92 Å². The second kappa shape index (κ2) is 5.25. The van der Waals surface area contributed by atoms with Crippen molar-refractivity contribution in [3.8, 4) is 0 Å². The molecule has 2 rings (SSSR count). The van der Waals surface area contributed by atoms with Gasteiger partial charge < -0.3 is 10.1 Å². The lowest BCUT2D eigenvalue weighted by molar-refractivity contribution is 0.152. The van der Waals surface area contributed by atoms with Gasteiger partial charge in [-0.3, -0.25) is 0 Å². The van der Waals surface area contributed by atoms with Crippen molar-refractivity contribution in [2.75, 3.05) is 13.7 Å². The van der Waals surface area contributed by atoms with Gasteiger partial charge in [0, 0.05) is 30.3 Å². The molecule has 0 spiro atoms. The third-order valence-electron chi connectivity index (χ3n) is 3.07. The zero-order valence-electron chi connectivity index (χ0n) is 10.2. The van der Waals surface area contributed by atoms with E-state index in [0.717, 1.165) is 17.5 Å². The highest BCUT2D eigenvalue weighted by Gasteiger charge is 2.32. The molecule has 0 saturated heterocycles. The van der Waals surface area contributed by atoms with Crippen LogP contribution >= 0.6 is 11.3 Å². The minimum atomic E-state index is 0.381. The SMILES string of the molecule is COCC(NC(C)c1cnc(C)s1)C1CC1. The van der Waals surface area contributed by atoms with Gasteiger partial charge in [0.2, 0.25) is 0 Å². The van der Waals surface area contributed by atoms with E-state index in [-0.39, 0.29) is 0 Å². The van der Waals surface area contributed by atoms with E-state index >= 15 is 0 Å². The monoisotopic (exact) mass is 240 g/mol. The fourth-order valence-corrected chi connectivity index (χ4v) is 2.78. The van der Waals surface area contributed by atoms with E-state index in [1.165, 1.54) is 17.7 Å². The lowest BCUT2D eigenvalue weighted by Gasteiger charge is -2.21. The molecule has 1 aliphatic carbocycles. The highest BCUT2D eigenvalue weighted by Crippen LogP contribution is 2.34. The first-order valence-corrected chi connectivity index (χ1v) is 6.69. The number of nitrogens with one attached hydrogen (secondary N) is 1. The Balaban J connectivity index is 1.91. The third-order valence-corrected chi connectivity index (χ3v) is 4.16. The van der Waals surface area contributed by atoms with Gasteiger partial charge in [0.1, 0.15) is 0 Å². The third kappa shape index (κ3) is 3.03. The molecule has 1 saturated carbocycles. The average molecular weight is 240 g/mol. The Hall–Kier alpha value is -0.450.